The number of likely N-dealkylation sites (tertiary alicyclic amines) is 1. The third-order valence-electron chi connectivity index (χ3n) is 13.9. The van der Waals surface area contributed by atoms with E-state index < -0.39 is 11.7 Å². The van der Waals surface area contributed by atoms with Gasteiger partial charge in [0, 0.05) is 115 Å². The van der Waals surface area contributed by atoms with Crippen molar-refractivity contribution < 1.29 is 18.8 Å². The number of hydrogen-bond acceptors (Lipinski definition) is 12. The van der Waals surface area contributed by atoms with E-state index in [1.54, 1.807) is 46.3 Å². The van der Waals surface area contributed by atoms with Crippen LogP contribution in [0.2, 0.25) is 0 Å². The lowest BCUT2D eigenvalue weighted by molar-refractivity contribution is -0.134. The summed E-state index contributed by atoms with van der Waals surface area (Å²) < 4.78 is 15.1. The monoisotopic (exact) mass is 978 g/mol. The fourth-order valence-corrected chi connectivity index (χ4v) is 10.1. The van der Waals surface area contributed by atoms with Gasteiger partial charge in [-0.05, 0) is 72.2 Å². The molecule has 3 aromatic heterocycles. The number of nitrogens with zero attached hydrogens (tertiary/aromatic N) is 9. The van der Waals surface area contributed by atoms with Gasteiger partial charge in [0.15, 0.2) is 0 Å². The number of piperidine rings is 1. The highest BCUT2D eigenvalue weighted by molar-refractivity contribution is 7.80. The molecule has 0 aliphatic carbocycles. The van der Waals surface area contributed by atoms with Crippen molar-refractivity contribution in [2.24, 2.45) is 5.92 Å². The number of pyridine rings is 1. The lowest BCUT2D eigenvalue weighted by Gasteiger charge is -2.40. The lowest BCUT2D eigenvalue weighted by Crippen LogP contribution is -2.55. The van der Waals surface area contributed by atoms with Crippen molar-refractivity contribution in [2.75, 3.05) is 96.9 Å². The molecule has 0 saturated carbocycles. The summed E-state index contributed by atoms with van der Waals surface area (Å²) in [6.45, 7) is 10.6. The van der Waals surface area contributed by atoms with Gasteiger partial charge >= 0.3 is 0 Å². The van der Waals surface area contributed by atoms with E-state index in [0.717, 1.165) is 76.2 Å². The van der Waals surface area contributed by atoms with Crippen LogP contribution >= 0.6 is 12.2 Å². The zero-order valence-electron chi connectivity index (χ0n) is 40.0. The predicted octanol–water partition coefficient (Wildman–Crippen LogP) is 4.90. The van der Waals surface area contributed by atoms with Crippen molar-refractivity contribution in [1.82, 2.24) is 55.0 Å². The van der Waals surface area contributed by atoms with Gasteiger partial charge in [0.05, 0.1) is 28.8 Å². The molecule has 3 aromatic carbocycles. The number of thiocarbonyl (C=S) groups is 1. The number of halogens is 1. The Balaban J connectivity index is 0.722. The second-order valence-electron chi connectivity index (χ2n) is 18.5. The molecule has 0 unspecified atom stereocenters. The minimum atomic E-state index is -0.605. The van der Waals surface area contributed by atoms with E-state index >= 15 is 4.39 Å². The van der Waals surface area contributed by atoms with Crippen LogP contribution in [0.3, 0.4) is 0 Å². The summed E-state index contributed by atoms with van der Waals surface area (Å²) in [7, 11) is 0. The third kappa shape index (κ3) is 12.0. The first-order valence-corrected chi connectivity index (χ1v) is 24.9. The molecule has 18 heteroatoms. The quantitative estimate of drug-likeness (QED) is 0.0938. The first-order chi connectivity index (χ1) is 34.6. The molecule has 3 aliphatic rings. The first-order valence-electron chi connectivity index (χ1n) is 24.5. The summed E-state index contributed by atoms with van der Waals surface area (Å²) in [5.41, 5.74) is 5.05. The molecule has 9 rings (SSSR count). The summed E-state index contributed by atoms with van der Waals surface area (Å²) >= 11 is 6.09. The summed E-state index contributed by atoms with van der Waals surface area (Å²) in [5, 5.41) is 14.2. The summed E-state index contributed by atoms with van der Waals surface area (Å²) in [5.74, 6) is -0.0330. The van der Waals surface area contributed by atoms with E-state index in [1.807, 2.05) is 36.5 Å². The number of piperazine rings is 2. The van der Waals surface area contributed by atoms with Crippen molar-refractivity contribution >= 4 is 51.5 Å². The molecule has 368 valence electrons. The molecule has 3 fully saturated rings. The normalized spacial score (nSPS) is 16.0. The van der Waals surface area contributed by atoms with Crippen LogP contribution in [-0.4, -0.2) is 164 Å². The van der Waals surface area contributed by atoms with Gasteiger partial charge in [-0.25, -0.2) is 19.5 Å². The number of aryl methyl sites for hydroxylation is 1. The maximum Gasteiger partial charge on any atom is 0.272 e. The van der Waals surface area contributed by atoms with Crippen LogP contribution in [0.15, 0.2) is 102 Å². The molecule has 0 radical (unpaired) electrons. The molecule has 3 N–H and O–H groups in total. The van der Waals surface area contributed by atoms with Gasteiger partial charge in [0.25, 0.3) is 17.4 Å². The maximum atomic E-state index is 15.1. The number of rotatable bonds is 15. The van der Waals surface area contributed by atoms with Crippen molar-refractivity contribution in [3.05, 3.63) is 147 Å². The number of nitrogens with one attached hydrogen (secondary N) is 3. The summed E-state index contributed by atoms with van der Waals surface area (Å²) in [6.07, 6.45) is 8.10. The Morgan fingerprint density at radius 2 is 1.52 bits per heavy atom. The highest BCUT2D eigenvalue weighted by Gasteiger charge is 2.31. The highest BCUT2D eigenvalue weighted by Crippen LogP contribution is 2.27. The van der Waals surface area contributed by atoms with Crippen molar-refractivity contribution in [1.29, 1.82) is 0 Å². The number of fused-ring (bicyclic) bond motifs is 1. The summed E-state index contributed by atoms with van der Waals surface area (Å²) in [6, 6.07) is 23.6. The first kappa shape index (κ1) is 49.0. The van der Waals surface area contributed by atoms with Gasteiger partial charge in [-0.3, -0.25) is 29.1 Å². The number of carbonyl (C=O) groups is 3. The van der Waals surface area contributed by atoms with Crippen LogP contribution in [-0.2, 0) is 17.6 Å². The van der Waals surface area contributed by atoms with Crippen LogP contribution in [0.4, 0.5) is 10.2 Å². The van der Waals surface area contributed by atoms with Gasteiger partial charge in [-0.2, -0.15) is 5.10 Å². The number of amides is 3. The van der Waals surface area contributed by atoms with E-state index in [1.165, 1.54) is 18.0 Å². The number of aromatic nitrogens is 5. The Bertz CT molecular complexity index is 2930. The van der Waals surface area contributed by atoms with Crippen LogP contribution in [0.1, 0.15) is 63.0 Å². The molecule has 3 saturated heterocycles. The molecule has 3 aliphatic heterocycles. The molecule has 0 spiro atoms. The van der Waals surface area contributed by atoms with Crippen LogP contribution in [0.25, 0.3) is 21.9 Å². The molecule has 16 nitrogen and oxygen atoms in total. The van der Waals surface area contributed by atoms with Gasteiger partial charge in [0.2, 0.25) is 5.91 Å². The average Bonchev–Trinajstić information content (AvgIpc) is 3.41. The SMILES string of the molecule is CCc1cccc(-c2cnc(C(=S)N3CCC(CN4CCN(CC(=O)N5CCN(C(=O)c6cc(Cc7n[nH]c(=O)c8ccccc78)ccc6F)CC5)CC4)CC3)c(C(=O)NCCNc3ccncn3)c2)c1. The number of anilines is 1. The van der Waals surface area contributed by atoms with E-state index in [0.29, 0.717) is 102 Å². The molecule has 0 atom stereocenters. The van der Waals surface area contributed by atoms with Crippen LogP contribution < -0.4 is 16.2 Å². The molecule has 6 heterocycles. The van der Waals surface area contributed by atoms with Crippen LogP contribution in [0, 0.1) is 11.7 Å². The molecular formula is C53H59FN12O4S. The zero-order chi connectivity index (χ0) is 49.3. The standard InChI is InChI=1S/C53H59FN12O4S/c1-2-36-6-5-7-39(28-36)40-31-44(50(68)57-17-16-56-47-12-15-55-35-59-47)49(58-32-40)53(71)66-18-13-37(14-19-66)33-62-20-22-63(23-21-62)34-48(67)64-24-26-65(27-25-64)52(70)43-29-38(10-11-45(43)54)30-46-41-8-3-4-9-42(41)51(69)61-60-46/h3-12,15,28-29,31-32,35,37H,2,13-14,16-27,30,33-34H2,1H3,(H,57,68)(H,61,69)(H,55,56,59). The Labute approximate surface area is 417 Å². The number of H-pyrrole nitrogens is 1. The Kier molecular flexibility index (Phi) is 15.7. The number of aromatic amines is 1. The van der Waals surface area contributed by atoms with Crippen molar-refractivity contribution in [3.8, 4) is 11.1 Å². The summed E-state index contributed by atoms with van der Waals surface area (Å²) in [4.78, 5) is 77.1. The minimum Gasteiger partial charge on any atom is -0.368 e. The van der Waals surface area contributed by atoms with Crippen molar-refractivity contribution in [2.45, 2.75) is 32.6 Å². The average molecular weight is 979 g/mol. The van der Waals surface area contributed by atoms with E-state index in [2.05, 4.69) is 64.6 Å². The van der Waals surface area contributed by atoms with Gasteiger partial charge in [-0.1, -0.05) is 67.7 Å². The predicted molar refractivity (Wildman–Crippen MR) is 275 cm³/mol. The Hall–Kier alpha value is -7.02. The third-order valence-corrected chi connectivity index (χ3v) is 14.3. The fourth-order valence-electron chi connectivity index (χ4n) is 9.72. The number of hydrogen-bond donors (Lipinski definition) is 3. The molecular weight excluding hydrogens is 920 g/mol. The second kappa shape index (κ2) is 22.8. The Morgan fingerprint density at radius 3 is 2.28 bits per heavy atom. The van der Waals surface area contributed by atoms with Gasteiger partial charge in [-0.15, -0.1) is 0 Å². The number of benzene rings is 3. The van der Waals surface area contributed by atoms with Crippen molar-refractivity contribution in [3.63, 3.8) is 0 Å². The van der Waals surface area contributed by atoms with Gasteiger partial charge in [0.1, 0.15) is 28.6 Å². The molecule has 6 aromatic rings. The fraction of sp³-hybridized carbons (Fsp3) is 0.377. The van der Waals surface area contributed by atoms with Gasteiger partial charge < -0.3 is 30.2 Å². The second-order valence-corrected chi connectivity index (χ2v) is 18.9. The molecule has 3 amide bonds. The largest absolute Gasteiger partial charge is 0.368 e. The smallest absolute Gasteiger partial charge is 0.272 e. The molecule has 71 heavy (non-hydrogen) atoms. The highest BCUT2D eigenvalue weighted by atomic mass is 32.1. The van der Waals surface area contributed by atoms with E-state index in [4.69, 9.17) is 17.2 Å². The lowest BCUT2D eigenvalue weighted by atomic mass is 9.95. The van der Waals surface area contributed by atoms with E-state index in [-0.39, 0.29) is 22.9 Å². The maximum absolute atomic E-state index is 15.1. The van der Waals surface area contributed by atoms with Crippen LogP contribution in [0.5, 0.6) is 0 Å². The molecule has 0 bridgehead atoms. The Morgan fingerprint density at radius 1 is 0.761 bits per heavy atom. The number of carbonyl (C=O) groups excluding carboxylic acids is 3. The topological polar surface area (TPSA) is 176 Å². The zero-order valence-corrected chi connectivity index (χ0v) is 40.8. The van der Waals surface area contributed by atoms with E-state index in [9.17, 15) is 19.2 Å². The minimum absolute atomic E-state index is 0.0215.